The van der Waals surface area contributed by atoms with E-state index in [4.69, 9.17) is 16.7 Å². The third-order valence-corrected chi connectivity index (χ3v) is 2.43. The predicted octanol–water partition coefficient (Wildman–Crippen LogP) is 2.47. The Hall–Kier alpha value is -1.06. The smallest absolute Gasteiger partial charge is 0.317 e. The first-order valence-corrected chi connectivity index (χ1v) is 5.22. The largest absolute Gasteiger partial charge is 0.480 e. The molecule has 15 heavy (non-hydrogen) atoms. The third kappa shape index (κ3) is 3.90. The number of hydrogen-bond donors (Lipinski definition) is 2. The van der Waals surface area contributed by atoms with E-state index in [1.54, 1.807) is 0 Å². The van der Waals surface area contributed by atoms with Crippen LogP contribution in [0.2, 0.25) is 5.02 Å². The van der Waals surface area contributed by atoms with Gasteiger partial charge in [0.1, 0.15) is 0 Å². The lowest BCUT2D eigenvalue weighted by Gasteiger charge is -2.15. The molecule has 0 radical (unpaired) electrons. The zero-order valence-corrected chi connectivity index (χ0v) is 9.29. The maximum absolute atomic E-state index is 10.4. The maximum Gasteiger partial charge on any atom is 0.317 e. The molecule has 1 atom stereocenters. The maximum atomic E-state index is 10.4. The second-order valence-corrected chi connectivity index (χ2v) is 3.72. The molecule has 1 unspecified atom stereocenters. The number of rotatable bonds is 5. The number of hydrogen-bond acceptors (Lipinski definition) is 2. The zero-order valence-electron chi connectivity index (χ0n) is 8.53. The van der Waals surface area contributed by atoms with E-state index in [1.807, 2.05) is 31.2 Å². The predicted molar refractivity (Wildman–Crippen MR) is 60.1 cm³/mol. The van der Waals surface area contributed by atoms with Crippen molar-refractivity contribution in [2.45, 2.75) is 19.4 Å². The lowest BCUT2D eigenvalue weighted by molar-refractivity contribution is -0.136. The molecule has 0 saturated carbocycles. The van der Waals surface area contributed by atoms with Crippen molar-refractivity contribution in [3.8, 4) is 0 Å². The number of carboxylic acid groups (broad SMARTS) is 1. The van der Waals surface area contributed by atoms with Gasteiger partial charge in [-0.05, 0) is 24.1 Å². The molecule has 4 heteroatoms. The first-order chi connectivity index (χ1) is 7.13. The van der Waals surface area contributed by atoms with Crippen LogP contribution >= 0.6 is 11.6 Å². The van der Waals surface area contributed by atoms with Gasteiger partial charge in [0, 0.05) is 11.1 Å². The first kappa shape index (κ1) is 12.0. The van der Waals surface area contributed by atoms with Crippen molar-refractivity contribution in [2.24, 2.45) is 0 Å². The monoisotopic (exact) mass is 227 g/mol. The molecule has 0 heterocycles. The van der Waals surface area contributed by atoms with Gasteiger partial charge in [-0.15, -0.1) is 0 Å². The molecule has 0 aromatic heterocycles. The minimum Gasteiger partial charge on any atom is -0.480 e. The van der Waals surface area contributed by atoms with Crippen LogP contribution in [0.15, 0.2) is 24.3 Å². The van der Waals surface area contributed by atoms with Crippen LogP contribution in [0.25, 0.3) is 0 Å². The van der Waals surface area contributed by atoms with Gasteiger partial charge < -0.3 is 10.4 Å². The highest BCUT2D eigenvalue weighted by Gasteiger charge is 2.09. The molecule has 82 valence electrons. The topological polar surface area (TPSA) is 49.3 Å². The minimum absolute atomic E-state index is 0.0267. The Kier molecular flexibility index (Phi) is 4.59. The number of nitrogens with one attached hydrogen (secondary N) is 1. The molecule has 0 amide bonds. The van der Waals surface area contributed by atoms with Crippen molar-refractivity contribution >= 4 is 17.6 Å². The Morgan fingerprint density at radius 1 is 1.47 bits per heavy atom. The number of benzene rings is 1. The van der Waals surface area contributed by atoms with Gasteiger partial charge in [-0.3, -0.25) is 4.79 Å². The Labute approximate surface area is 94.1 Å². The van der Waals surface area contributed by atoms with Crippen LogP contribution in [0.5, 0.6) is 0 Å². The minimum atomic E-state index is -0.845. The lowest BCUT2D eigenvalue weighted by atomic mass is 10.0. The van der Waals surface area contributed by atoms with Gasteiger partial charge in [-0.2, -0.15) is 0 Å². The fourth-order valence-electron chi connectivity index (χ4n) is 1.40. The molecule has 0 fully saturated rings. The van der Waals surface area contributed by atoms with Crippen molar-refractivity contribution < 1.29 is 9.90 Å². The Balaban J connectivity index is 2.65. The first-order valence-electron chi connectivity index (χ1n) is 4.84. The zero-order chi connectivity index (χ0) is 11.3. The molecule has 0 spiro atoms. The van der Waals surface area contributed by atoms with Crippen LogP contribution in [0, 0.1) is 0 Å². The molecular formula is C11H14ClNO2. The second-order valence-electron chi connectivity index (χ2n) is 3.29. The van der Waals surface area contributed by atoms with Crippen LogP contribution in [0.3, 0.4) is 0 Å². The van der Waals surface area contributed by atoms with Crippen LogP contribution in [0.4, 0.5) is 0 Å². The SMILES string of the molecule is CCC(NCC(=O)O)c1ccc(Cl)cc1. The normalized spacial score (nSPS) is 12.4. The van der Waals surface area contributed by atoms with Gasteiger partial charge in [-0.25, -0.2) is 0 Å². The van der Waals surface area contributed by atoms with Crippen molar-refractivity contribution in [3.05, 3.63) is 34.9 Å². The van der Waals surface area contributed by atoms with Crippen molar-refractivity contribution in [1.82, 2.24) is 5.32 Å². The summed E-state index contributed by atoms with van der Waals surface area (Å²) in [5.74, 6) is -0.845. The van der Waals surface area contributed by atoms with Crippen molar-refractivity contribution in [3.63, 3.8) is 0 Å². The molecule has 0 aliphatic rings. The molecule has 1 aromatic rings. The summed E-state index contributed by atoms with van der Waals surface area (Å²) < 4.78 is 0. The van der Waals surface area contributed by atoms with Crippen molar-refractivity contribution in [1.29, 1.82) is 0 Å². The van der Waals surface area contributed by atoms with Crippen LogP contribution in [0.1, 0.15) is 24.9 Å². The summed E-state index contributed by atoms with van der Waals surface area (Å²) >= 11 is 5.77. The van der Waals surface area contributed by atoms with E-state index in [0.29, 0.717) is 5.02 Å². The second kappa shape index (κ2) is 5.73. The highest BCUT2D eigenvalue weighted by molar-refractivity contribution is 6.30. The highest BCUT2D eigenvalue weighted by Crippen LogP contribution is 2.18. The molecule has 3 nitrogen and oxygen atoms in total. The quantitative estimate of drug-likeness (QED) is 0.813. The standard InChI is InChI=1S/C11H14ClNO2/c1-2-10(13-7-11(14)15)8-3-5-9(12)6-4-8/h3-6,10,13H,2,7H2,1H3,(H,14,15). The highest BCUT2D eigenvalue weighted by atomic mass is 35.5. The summed E-state index contributed by atoms with van der Waals surface area (Å²) in [6.07, 6.45) is 0.842. The van der Waals surface area contributed by atoms with E-state index in [0.717, 1.165) is 12.0 Å². The summed E-state index contributed by atoms with van der Waals surface area (Å²) in [5.41, 5.74) is 1.06. The average molecular weight is 228 g/mol. The van der Waals surface area contributed by atoms with Gasteiger partial charge in [0.05, 0.1) is 6.54 Å². The molecule has 0 aliphatic heterocycles. The van der Waals surface area contributed by atoms with Gasteiger partial charge in [0.25, 0.3) is 0 Å². The molecule has 2 N–H and O–H groups in total. The summed E-state index contributed by atoms with van der Waals surface area (Å²) in [6, 6.07) is 7.50. The van der Waals surface area contributed by atoms with E-state index in [2.05, 4.69) is 5.32 Å². The molecule has 0 bridgehead atoms. The van der Waals surface area contributed by atoms with Gasteiger partial charge >= 0.3 is 5.97 Å². The molecule has 1 rings (SSSR count). The molecule has 1 aromatic carbocycles. The van der Waals surface area contributed by atoms with Crippen LogP contribution < -0.4 is 5.32 Å². The lowest BCUT2D eigenvalue weighted by Crippen LogP contribution is -2.26. The van der Waals surface area contributed by atoms with E-state index < -0.39 is 5.97 Å². The number of halogens is 1. The van der Waals surface area contributed by atoms with Crippen LogP contribution in [-0.2, 0) is 4.79 Å². The number of aliphatic carboxylic acids is 1. The Morgan fingerprint density at radius 3 is 2.53 bits per heavy atom. The van der Waals surface area contributed by atoms with E-state index in [-0.39, 0.29) is 12.6 Å². The van der Waals surface area contributed by atoms with Gasteiger partial charge in [0.15, 0.2) is 0 Å². The summed E-state index contributed by atoms with van der Waals surface area (Å²) in [5, 5.41) is 12.2. The third-order valence-electron chi connectivity index (χ3n) is 2.18. The van der Waals surface area contributed by atoms with Gasteiger partial charge in [0.2, 0.25) is 0 Å². The fourth-order valence-corrected chi connectivity index (χ4v) is 1.53. The van der Waals surface area contributed by atoms with Crippen LogP contribution in [-0.4, -0.2) is 17.6 Å². The molecule has 0 aliphatic carbocycles. The number of carbonyl (C=O) groups is 1. The Bertz CT molecular complexity index is 324. The van der Waals surface area contributed by atoms with Crippen molar-refractivity contribution in [2.75, 3.05) is 6.54 Å². The number of carboxylic acids is 1. The van der Waals surface area contributed by atoms with E-state index in [1.165, 1.54) is 0 Å². The molecule has 0 saturated heterocycles. The Morgan fingerprint density at radius 2 is 2.07 bits per heavy atom. The van der Waals surface area contributed by atoms with Gasteiger partial charge in [-0.1, -0.05) is 30.7 Å². The summed E-state index contributed by atoms with van der Waals surface area (Å²) in [7, 11) is 0. The summed E-state index contributed by atoms with van der Waals surface area (Å²) in [6.45, 7) is 1.98. The van der Waals surface area contributed by atoms with E-state index >= 15 is 0 Å². The molecular weight excluding hydrogens is 214 g/mol. The fraction of sp³-hybridized carbons (Fsp3) is 0.364. The average Bonchev–Trinajstić information content (AvgIpc) is 2.21. The summed E-state index contributed by atoms with van der Waals surface area (Å²) in [4.78, 5) is 10.4. The van der Waals surface area contributed by atoms with E-state index in [9.17, 15) is 4.79 Å².